The summed E-state index contributed by atoms with van der Waals surface area (Å²) in [5.74, 6) is 0.799. The van der Waals surface area contributed by atoms with Gasteiger partial charge in [0.1, 0.15) is 16.4 Å². The van der Waals surface area contributed by atoms with Crippen LogP contribution in [0.4, 0.5) is 5.69 Å². The maximum absolute atomic E-state index is 13.2. The van der Waals surface area contributed by atoms with Crippen molar-refractivity contribution in [1.29, 1.82) is 0 Å². The lowest BCUT2D eigenvalue weighted by Crippen LogP contribution is -2.40. The van der Waals surface area contributed by atoms with Gasteiger partial charge in [-0.05, 0) is 53.2 Å². The fourth-order valence-electron chi connectivity index (χ4n) is 3.58. The number of anilines is 1. The Labute approximate surface area is 193 Å². The number of fused-ring (bicyclic) bond motifs is 1. The van der Waals surface area contributed by atoms with Gasteiger partial charge in [0.25, 0.3) is 10.0 Å². The van der Waals surface area contributed by atoms with Crippen molar-refractivity contribution in [3.63, 3.8) is 0 Å². The molecule has 0 radical (unpaired) electrons. The van der Waals surface area contributed by atoms with Gasteiger partial charge in [-0.3, -0.25) is 4.72 Å². The van der Waals surface area contributed by atoms with Gasteiger partial charge in [-0.1, -0.05) is 12.1 Å². The highest BCUT2D eigenvalue weighted by atomic mass is 32.2. The van der Waals surface area contributed by atoms with Crippen LogP contribution < -0.4 is 14.2 Å². The lowest BCUT2D eigenvalue weighted by Gasteiger charge is -2.26. The number of methoxy groups -OCH3 is 2. The first-order valence-corrected chi connectivity index (χ1v) is 13.0. The summed E-state index contributed by atoms with van der Waals surface area (Å²) < 4.78 is 71.8. The molecule has 0 saturated carbocycles. The van der Waals surface area contributed by atoms with E-state index in [-0.39, 0.29) is 34.3 Å². The Hall–Kier alpha value is -2.86. The van der Waals surface area contributed by atoms with Crippen LogP contribution in [0.1, 0.15) is 0 Å². The first kappa shape index (κ1) is 23.3. The summed E-state index contributed by atoms with van der Waals surface area (Å²) in [6, 6.07) is 14.2. The van der Waals surface area contributed by atoms with Crippen molar-refractivity contribution in [2.75, 3.05) is 45.2 Å². The molecular weight excluding hydrogens is 468 g/mol. The SMILES string of the molecule is COc1ccc2cc(S(=O)(=O)Nc3ccc(OC)c(S(=O)(=O)N4CCOCC4)c3)ccc2c1. The number of sulfonamides is 2. The number of nitrogens with zero attached hydrogens (tertiary/aromatic N) is 1. The second-order valence-electron chi connectivity index (χ2n) is 7.36. The molecule has 1 aliphatic heterocycles. The first-order valence-electron chi connectivity index (χ1n) is 10.1. The summed E-state index contributed by atoms with van der Waals surface area (Å²) in [6.45, 7) is 1.01. The molecule has 0 atom stereocenters. The highest BCUT2D eigenvalue weighted by molar-refractivity contribution is 7.92. The largest absolute Gasteiger partial charge is 0.497 e. The molecule has 1 N–H and O–H groups in total. The minimum Gasteiger partial charge on any atom is -0.497 e. The van der Waals surface area contributed by atoms with E-state index in [2.05, 4.69) is 4.72 Å². The van der Waals surface area contributed by atoms with Crippen LogP contribution in [-0.4, -0.2) is 61.7 Å². The van der Waals surface area contributed by atoms with Crippen molar-refractivity contribution >= 4 is 36.5 Å². The van der Waals surface area contributed by atoms with Crippen LogP contribution in [0.2, 0.25) is 0 Å². The Balaban J connectivity index is 1.67. The number of nitrogens with one attached hydrogen (secondary N) is 1. The van der Waals surface area contributed by atoms with Crippen LogP contribution >= 0.6 is 0 Å². The Morgan fingerprint density at radius 2 is 1.55 bits per heavy atom. The molecule has 1 heterocycles. The average molecular weight is 493 g/mol. The van der Waals surface area contributed by atoms with E-state index >= 15 is 0 Å². The summed E-state index contributed by atoms with van der Waals surface area (Å²) in [5.41, 5.74) is 0.109. The standard InChI is InChI=1S/C22H24N2O7S2/c1-29-19-6-3-17-14-20(7-4-16(17)13-19)32(25,26)23-18-5-8-21(30-2)22(15-18)33(27,28)24-9-11-31-12-10-24/h3-8,13-15,23H,9-12H2,1-2H3. The van der Waals surface area contributed by atoms with Crippen molar-refractivity contribution < 1.29 is 31.0 Å². The van der Waals surface area contributed by atoms with Gasteiger partial charge < -0.3 is 14.2 Å². The maximum atomic E-state index is 13.2. The van der Waals surface area contributed by atoms with Crippen molar-refractivity contribution in [2.45, 2.75) is 9.79 Å². The second kappa shape index (κ2) is 9.18. The first-order chi connectivity index (χ1) is 15.7. The predicted molar refractivity (Wildman–Crippen MR) is 124 cm³/mol. The molecule has 0 aromatic heterocycles. The van der Waals surface area contributed by atoms with Crippen molar-refractivity contribution in [3.05, 3.63) is 54.6 Å². The van der Waals surface area contributed by atoms with Gasteiger partial charge in [-0.15, -0.1) is 0 Å². The number of hydrogen-bond donors (Lipinski definition) is 1. The molecule has 176 valence electrons. The smallest absolute Gasteiger partial charge is 0.261 e. The number of benzene rings is 3. The quantitative estimate of drug-likeness (QED) is 0.540. The van der Waals surface area contributed by atoms with E-state index in [0.29, 0.717) is 19.0 Å². The molecule has 1 saturated heterocycles. The van der Waals surface area contributed by atoms with E-state index in [4.69, 9.17) is 14.2 Å². The van der Waals surface area contributed by atoms with Crippen LogP contribution in [0.25, 0.3) is 10.8 Å². The molecule has 1 aliphatic rings. The van der Waals surface area contributed by atoms with Crippen molar-refractivity contribution in [2.24, 2.45) is 0 Å². The second-order valence-corrected chi connectivity index (χ2v) is 11.0. The molecule has 3 aromatic carbocycles. The minimum absolute atomic E-state index is 0.0496. The summed E-state index contributed by atoms with van der Waals surface area (Å²) in [7, 11) is -4.95. The van der Waals surface area contributed by atoms with Gasteiger partial charge in [-0.2, -0.15) is 4.31 Å². The van der Waals surface area contributed by atoms with Gasteiger partial charge in [0.2, 0.25) is 10.0 Å². The molecule has 4 rings (SSSR count). The van der Waals surface area contributed by atoms with Crippen LogP contribution in [0.5, 0.6) is 11.5 Å². The van der Waals surface area contributed by atoms with Crippen molar-refractivity contribution in [1.82, 2.24) is 4.31 Å². The number of hydrogen-bond acceptors (Lipinski definition) is 7. The molecule has 0 aliphatic carbocycles. The third kappa shape index (κ3) is 4.76. The fraction of sp³-hybridized carbons (Fsp3) is 0.273. The zero-order chi connectivity index (χ0) is 23.6. The predicted octanol–water partition coefficient (Wildman–Crippen LogP) is 2.68. The summed E-state index contributed by atoms with van der Waals surface area (Å²) in [5, 5.41) is 1.56. The summed E-state index contributed by atoms with van der Waals surface area (Å²) in [6.07, 6.45) is 0. The zero-order valence-corrected chi connectivity index (χ0v) is 19.8. The molecule has 1 fully saturated rings. The third-order valence-electron chi connectivity index (χ3n) is 5.33. The van der Waals surface area contributed by atoms with E-state index < -0.39 is 20.0 Å². The van der Waals surface area contributed by atoms with Crippen LogP contribution in [-0.2, 0) is 24.8 Å². The lowest BCUT2D eigenvalue weighted by atomic mass is 10.1. The van der Waals surface area contributed by atoms with Gasteiger partial charge in [0, 0.05) is 13.1 Å². The van der Waals surface area contributed by atoms with E-state index in [1.807, 2.05) is 6.07 Å². The van der Waals surface area contributed by atoms with Gasteiger partial charge >= 0.3 is 0 Å². The van der Waals surface area contributed by atoms with E-state index in [9.17, 15) is 16.8 Å². The average Bonchev–Trinajstić information content (AvgIpc) is 2.83. The molecule has 0 bridgehead atoms. The van der Waals surface area contributed by atoms with Crippen molar-refractivity contribution in [3.8, 4) is 11.5 Å². The molecule has 33 heavy (non-hydrogen) atoms. The van der Waals surface area contributed by atoms with E-state index in [0.717, 1.165) is 10.8 Å². The highest BCUT2D eigenvalue weighted by Gasteiger charge is 2.30. The molecule has 9 nitrogen and oxygen atoms in total. The highest BCUT2D eigenvalue weighted by Crippen LogP contribution is 2.31. The Morgan fingerprint density at radius 1 is 0.848 bits per heavy atom. The number of morpholine rings is 1. The molecular formula is C22H24N2O7S2. The van der Waals surface area contributed by atoms with Crippen LogP contribution in [0.3, 0.4) is 0 Å². The molecule has 11 heteroatoms. The lowest BCUT2D eigenvalue weighted by molar-refractivity contribution is 0.0729. The Bertz CT molecular complexity index is 1380. The summed E-state index contributed by atoms with van der Waals surface area (Å²) >= 11 is 0. The Morgan fingerprint density at radius 3 is 2.24 bits per heavy atom. The summed E-state index contributed by atoms with van der Waals surface area (Å²) in [4.78, 5) is -0.0636. The molecule has 0 amide bonds. The van der Waals surface area contributed by atoms with E-state index in [1.165, 1.54) is 35.7 Å². The fourth-order valence-corrected chi connectivity index (χ4v) is 6.25. The monoisotopic (exact) mass is 492 g/mol. The van der Waals surface area contributed by atoms with E-state index in [1.54, 1.807) is 31.4 Å². The normalized spacial score (nSPS) is 15.3. The molecule has 3 aromatic rings. The zero-order valence-electron chi connectivity index (χ0n) is 18.1. The minimum atomic E-state index is -3.98. The maximum Gasteiger partial charge on any atom is 0.261 e. The topological polar surface area (TPSA) is 111 Å². The third-order valence-corrected chi connectivity index (χ3v) is 8.63. The number of rotatable bonds is 7. The molecule has 0 spiro atoms. The Kier molecular flexibility index (Phi) is 6.48. The van der Waals surface area contributed by atoms with Gasteiger partial charge in [0.05, 0.1) is 38.0 Å². The van der Waals surface area contributed by atoms with Crippen LogP contribution in [0, 0.1) is 0 Å². The van der Waals surface area contributed by atoms with Crippen LogP contribution in [0.15, 0.2) is 64.4 Å². The van der Waals surface area contributed by atoms with Gasteiger partial charge in [0.15, 0.2) is 0 Å². The molecule has 0 unspecified atom stereocenters. The van der Waals surface area contributed by atoms with Gasteiger partial charge in [-0.25, -0.2) is 16.8 Å². The number of ether oxygens (including phenoxy) is 3.